The van der Waals surface area contributed by atoms with Crippen LogP contribution < -0.4 is 5.32 Å². The van der Waals surface area contributed by atoms with Crippen LogP contribution in [0.2, 0.25) is 0 Å². The van der Waals surface area contributed by atoms with Gasteiger partial charge in [0.2, 0.25) is 0 Å². The fourth-order valence-corrected chi connectivity index (χ4v) is 1.92. The summed E-state index contributed by atoms with van der Waals surface area (Å²) in [6, 6.07) is 16.7. The summed E-state index contributed by atoms with van der Waals surface area (Å²) in [5, 5.41) is 12.4. The van der Waals surface area contributed by atoms with Crippen LogP contribution in [0.15, 0.2) is 54.6 Å². The maximum absolute atomic E-state index is 11.3. The number of rotatable bonds is 5. The van der Waals surface area contributed by atoms with Crippen LogP contribution in [0, 0.1) is 6.92 Å². The van der Waals surface area contributed by atoms with Crippen LogP contribution >= 0.6 is 0 Å². The Kier molecular flexibility index (Phi) is 4.31. The minimum absolute atomic E-state index is 0.533. The summed E-state index contributed by atoms with van der Waals surface area (Å²) in [6.07, 6.45) is 0. The largest absolute Gasteiger partial charge is 0.480 e. The topological polar surface area (TPSA) is 49.3 Å². The minimum atomic E-state index is -0.861. The molecule has 98 valence electrons. The zero-order valence-electron chi connectivity index (χ0n) is 10.8. The molecule has 0 aliphatic carbocycles. The van der Waals surface area contributed by atoms with Crippen LogP contribution in [0.3, 0.4) is 0 Å². The molecule has 0 heterocycles. The first kappa shape index (κ1) is 13.3. The Morgan fingerprint density at radius 3 is 2.32 bits per heavy atom. The molecule has 2 aromatic rings. The van der Waals surface area contributed by atoms with Gasteiger partial charge in [0.1, 0.15) is 6.04 Å². The number of aryl methyl sites for hydroxylation is 1. The van der Waals surface area contributed by atoms with E-state index < -0.39 is 12.0 Å². The molecule has 3 heteroatoms. The number of hydrogen-bond acceptors (Lipinski definition) is 2. The molecule has 2 rings (SSSR count). The van der Waals surface area contributed by atoms with Crippen LogP contribution in [0.4, 0.5) is 0 Å². The highest BCUT2D eigenvalue weighted by Crippen LogP contribution is 2.15. The molecule has 2 N–H and O–H groups in total. The van der Waals surface area contributed by atoms with E-state index in [0.717, 1.165) is 16.7 Å². The fraction of sp³-hybridized carbons (Fsp3) is 0.188. The van der Waals surface area contributed by atoms with Gasteiger partial charge in [0.25, 0.3) is 0 Å². The lowest BCUT2D eigenvalue weighted by atomic mass is 10.0. The lowest BCUT2D eigenvalue weighted by Crippen LogP contribution is -2.28. The van der Waals surface area contributed by atoms with Crippen molar-refractivity contribution in [2.45, 2.75) is 19.5 Å². The highest BCUT2D eigenvalue weighted by molar-refractivity contribution is 5.75. The van der Waals surface area contributed by atoms with Gasteiger partial charge in [-0.05, 0) is 18.1 Å². The summed E-state index contributed by atoms with van der Waals surface area (Å²) in [5.41, 5.74) is 2.96. The molecule has 0 saturated carbocycles. The van der Waals surface area contributed by atoms with E-state index in [1.54, 1.807) is 0 Å². The predicted molar refractivity (Wildman–Crippen MR) is 74.8 cm³/mol. The Morgan fingerprint density at radius 1 is 1.11 bits per heavy atom. The molecular formula is C16H17NO2. The zero-order chi connectivity index (χ0) is 13.7. The Bertz CT molecular complexity index is 534. The van der Waals surface area contributed by atoms with E-state index in [1.165, 1.54) is 0 Å². The van der Waals surface area contributed by atoms with E-state index in [1.807, 2.05) is 61.5 Å². The smallest absolute Gasteiger partial charge is 0.325 e. The normalized spacial score (nSPS) is 12.1. The summed E-state index contributed by atoms with van der Waals surface area (Å²) in [6.45, 7) is 2.52. The second kappa shape index (κ2) is 6.16. The van der Waals surface area contributed by atoms with Gasteiger partial charge in [-0.3, -0.25) is 10.1 Å². The second-order valence-corrected chi connectivity index (χ2v) is 4.55. The van der Waals surface area contributed by atoms with Crippen molar-refractivity contribution in [2.75, 3.05) is 0 Å². The summed E-state index contributed by atoms with van der Waals surface area (Å²) in [7, 11) is 0. The standard InChI is InChI=1S/C16H17NO2/c1-12-7-9-14(10-8-12)15(16(18)19)17-11-13-5-3-2-4-6-13/h2-10,15,17H,11H2,1H3,(H,18,19). The molecule has 0 fully saturated rings. The van der Waals surface area contributed by atoms with Crippen molar-refractivity contribution >= 4 is 5.97 Å². The van der Waals surface area contributed by atoms with E-state index in [-0.39, 0.29) is 0 Å². The molecule has 0 aliphatic rings. The number of hydrogen-bond donors (Lipinski definition) is 2. The number of carboxylic acid groups (broad SMARTS) is 1. The summed E-state index contributed by atoms with van der Waals surface area (Å²) < 4.78 is 0. The second-order valence-electron chi connectivity index (χ2n) is 4.55. The first-order chi connectivity index (χ1) is 9.16. The van der Waals surface area contributed by atoms with Crippen molar-refractivity contribution < 1.29 is 9.90 Å². The molecule has 0 amide bonds. The van der Waals surface area contributed by atoms with Crippen molar-refractivity contribution in [3.63, 3.8) is 0 Å². The highest BCUT2D eigenvalue weighted by Gasteiger charge is 2.18. The lowest BCUT2D eigenvalue weighted by Gasteiger charge is -2.15. The number of benzene rings is 2. The van der Waals surface area contributed by atoms with Crippen molar-refractivity contribution in [3.8, 4) is 0 Å². The molecule has 0 bridgehead atoms. The Morgan fingerprint density at radius 2 is 1.74 bits per heavy atom. The molecule has 1 unspecified atom stereocenters. The first-order valence-electron chi connectivity index (χ1n) is 6.23. The van der Waals surface area contributed by atoms with Gasteiger partial charge in [-0.25, -0.2) is 0 Å². The van der Waals surface area contributed by atoms with Gasteiger partial charge >= 0.3 is 5.97 Å². The van der Waals surface area contributed by atoms with Gasteiger partial charge in [-0.2, -0.15) is 0 Å². The fourth-order valence-electron chi connectivity index (χ4n) is 1.92. The van der Waals surface area contributed by atoms with E-state index in [9.17, 15) is 9.90 Å². The maximum atomic E-state index is 11.3. The van der Waals surface area contributed by atoms with Crippen molar-refractivity contribution in [1.82, 2.24) is 5.32 Å². The van der Waals surface area contributed by atoms with E-state index in [0.29, 0.717) is 6.54 Å². The van der Waals surface area contributed by atoms with Gasteiger partial charge in [0.05, 0.1) is 0 Å². The minimum Gasteiger partial charge on any atom is -0.480 e. The average molecular weight is 255 g/mol. The SMILES string of the molecule is Cc1ccc(C(NCc2ccccc2)C(=O)O)cc1. The van der Waals surface area contributed by atoms with Gasteiger partial charge in [-0.15, -0.1) is 0 Å². The van der Waals surface area contributed by atoms with Crippen LogP contribution in [0.5, 0.6) is 0 Å². The monoisotopic (exact) mass is 255 g/mol. The van der Waals surface area contributed by atoms with Gasteiger partial charge < -0.3 is 5.11 Å². The van der Waals surface area contributed by atoms with E-state index in [4.69, 9.17) is 0 Å². The third-order valence-corrected chi connectivity index (χ3v) is 3.01. The van der Waals surface area contributed by atoms with Crippen LogP contribution in [0.25, 0.3) is 0 Å². The Labute approximate surface area is 112 Å². The third kappa shape index (κ3) is 3.66. The first-order valence-corrected chi connectivity index (χ1v) is 6.23. The summed E-state index contributed by atoms with van der Waals surface area (Å²) >= 11 is 0. The van der Waals surface area contributed by atoms with E-state index >= 15 is 0 Å². The average Bonchev–Trinajstić information content (AvgIpc) is 2.42. The number of carbonyl (C=O) groups is 1. The molecule has 2 aromatic carbocycles. The van der Waals surface area contributed by atoms with Crippen molar-refractivity contribution in [3.05, 3.63) is 71.3 Å². The van der Waals surface area contributed by atoms with Gasteiger partial charge in [0, 0.05) is 6.54 Å². The summed E-state index contributed by atoms with van der Waals surface area (Å²) in [4.78, 5) is 11.3. The molecule has 0 saturated heterocycles. The molecule has 0 spiro atoms. The van der Waals surface area contributed by atoms with E-state index in [2.05, 4.69) is 5.32 Å². The molecule has 1 atom stereocenters. The molecule has 3 nitrogen and oxygen atoms in total. The van der Waals surface area contributed by atoms with Crippen molar-refractivity contribution in [2.24, 2.45) is 0 Å². The van der Waals surface area contributed by atoms with Crippen LogP contribution in [-0.2, 0) is 11.3 Å². The molecule has 0 aromatic heterocycles. The molecule has 19 heavy (non-hydrogen) atoms. The zero-order valence-corrected chi connectivity index (χ0v) is 10.8. The molecule has 0 radical (unpaired) electrons. The lowest BCUT2D eigenvalue weighted by molar-refractivity contribution is -0.139. The highest BCUT2D eigenvalue weighted by atomic mass is 16.4. The van der Waals surface area contributed by atoms with Crippen molar-refractivity contribution in [1.29, 1.82) is 0 Å². The quantitative estimate of drug-likeness (QED) is 0.863. The predicted octanol–water partition coefficient (Wildman–Crippen LogP) is 2.91. The third-order valence-electron chi connectivity index (χ3n) is 3.01. The van der Waals surface area contributed by atoms with Gasteiger partial charge in [-0.1, -0.05) is 60.2 Å². The Balaban J connectivity index is 2.09. The number of nitrogens with one attached hydrogen (secondary N) is 1. The summed E-state index contributed by atoms with van der Waals surface area (Å²) in [5.74, 6) is -0.861. The molecule has 0 aliphatic heterocycles. The number of aliphatic carboxylic acids is 1. The Hall–Kier alpha value is -2.13. The van der Waals surface area contributed by atoms with Crippen LogP contribution in [-0.4, -0.2) is 11.1 Å². The van der Waals surface area contributed by atoms with Gasteiger partial charge in [0.15, 0.2) is 0 Å². The number of carboxylic acids is 1. The maximum Gasteiger partial charge on any atom is 0.325 e. The molecular weight excluding hydrogens is 238 g/mol. The van der Waals surface area contributed by atoms with Crippen LogP contribution in [0.1, 0.15) is 22.7 Å².